The van der Waals surface area contributed by atoms with E-state index < -0.39 is 48.2 Å². The minimum absolute atomic E-state index is 0.265. The number of halogens is 6. The lowest BCUT2D eigenvalue weighted by Crippen LogP contribution is -2.46. The Labute approximate surface area is 156 Å². The SMILES string of the molecule is Cn1ccnc1C(O)(CCNC(=O)Cc1ccc(C(F)(F)F)cc1)C(F)(F)F. The Hall–Kier alpha value is -2.56. The summed E-state index contributed by atoms with van der Waals surface area (Å²) in [7, 11) is 1.29. The zero-order chi connectivity index (χ0) is 21.2. The maximum Gasteiger partial charge on any atom is 0.424 e. The number of benzene rings is 1. The largest absolute Gasteiger partial charge is 0.424 e. The molecular weight excluding hydrogens is 392 g/mol. The number of alkyl halides is 6. The van der Waals surface area contributed by atoms with Gasteiger partial charge in [-0.15, -0.1) is 0 Å². The second kappa shape index (κ2) is 7.82. The van der Waals surface area contributed by atoms with E-state index in [0.717, 1.165) is 35.0 Å². The smallest absolute Gasteiger partial charge is 0.374 e. The number of carbonyl (C=O) groups excluding carboxylic acids is 1. The Kier molecular flexibility index (Phi) is 6.07. The molecule has 5 nitrogen and oxygen atoms in total. The van der Waals surface area contributed by atoms with Gasteiger partial charge in [-0.05, 0) is 17.7 Å². The van der Waals surface area contributed by atoms with E-state index in [1.165, 1.54) is 13.2 Å². The highest BCUT2D eigenvalue weighted by Crippen LogP contribution is 2.40. The molecule has 0 spiro atoms. The molecule has 2 rings (SSSR count). The van der Waals surface area contributed by atoms with Gasteiger partial charge in [0.1, 0.15) is 5.82 Å². The van der Waals surface area contributed by atoms with Crippen molar-refractivity contribution in [2.45, 2.75) is 30.8 Å². The molecule has 1 amide bonds. The highest BCUT2D eigenvalue weighted by molar-refractivity contribution is 5.78. The van der Waals surface area contributed by atoms with Crippen molar-refractivity contribution < 1.29 is 36.2 Å². The predicted octanol–water partition coefficient (Wildman–Crippen LogP) is 2.94. The summed E-state index contributed by atoms with van der Waals surface area (Å²) in [4.78, 5) is 15.4. The second-order valence-electron chi connectivity index (χ2n) is 6.19. The Morgan fingerprint density at radius 1 is 1.14 bits per heavy atom. The third-order valence-electron chi connectivity index (χ3n) is 4.11. The molecule has 1 unspecified atom stereocenters. The van der Waals surface area contributed by atoms with Crippen LogP contribution in [0.15, 0.2) is 36.7 Å². The monoisotopic (exact) mass is 409 g/mol. The molecule has 0 radical (unpaired) electrons. The van der Waals surface area contributed by atoms with Crippen LogP contribution in [-0.4, -0.2) is 33.3 Å². The summed E-state index contributed by atoms with van der Waals surface area (Å²) in [5.41, 5.74) is -3.87. The first-order valence-electron chi connectivity index (χ1n) is 8.04. The van der Waals surface area contributed by atoms with Crippen LogP contribution in [0.25, 0.3) is 0 Å². The van der Waals surface area contributed by atoms with Crippen LogP contribution >= 0.6 is 0 Å². The van der Waals surface area contributed by atoms with Crippen molar-refractivity contribution in [3.05, 3.63) is 53.6 Å². The molecule has 0 bridgehead atoms. The van der Waals surface area contributed by atoms with E-state index in [0.29, 0.717) is 0 Å². The van der Waals surface area contributed by atoms with E-state index in [-0.39, 0.29) is 12.0 Å². The average Bonchev–Trinajstić information content (AvgIpc) is 3.00. The molecule has 2 aromatic rings. The quantitative estimate of drug-likeness (QED) is 0.721. The highest BCUT2D eigenvalue weighted by atomic mass is 19.4. The molecule has 1 heterocycles. The van der Waals surface area contributed by atoms with Gasteiger partial charge in [0.05, 0.1) is 12.0 Å². The van der Waals surface area contributed by atoms with Crippen molar-refractivity contribution in [3.63, 3.8) is 0 Å². The fourth-order valence-corrected chi connectivity index (χ4v) is 2.59. The number of amides is 1. The van der Waals surface area contributed by atoms with Crippen LogP contribution in [0.5, 0.6) is 0 Å². The van der Waals surface area contributed by atoms with Gasteiger partial charge < -0.3 is 15.0 Å². The molecule has 2 N–H and O–H groups in total. The standard InChI is InChI=1S/C17H17F6N3O2/c1-26-9-8-25-14(26)15(28,17(21,22)23)6-7-24-13(27)10-11-2-4-12(5-3-11)16(18,19)20/h2-5,8-9,28H,6-7,10H2,1H3,(H,24,27). The lowest BCUT2D eigenvalue weighted by atomic mass is 9.97. The number of hydrogen-bond donors (Lipinski definition) is 2. The van der Waals surface area contributed by atoms with Crippen LogP contribution in [0.4, 0.5) is 26.3 Å². The average molecular weight is 409 g/mol. The highest BCUT2D eigenvalue weighted by Gasteiger charge is 2.57. The van der Waals surface area contributed by atoms with Gasteiger partial charge in [-0.1, -0.05) is 12.1 Å². The van der Waals surface area contributed by atoms with Crippen LogP contribution in [-0.2, 0) is 30.0 Å². The number of carbonyl (C=O) groups is 1. The molecule has 1 atom stereocenters. The minimum atomic E-state index is -5.02. The number of hydrogen-bond acceptors (Lipinski definition) is 3. The molecule has 154 valence electrons. The number of aliphatic hydroxyl groups is 1. The summed E-state index contributed by atoms with van der Waals surface area (Å²) >= 11 is 0. The first kappa shape index (κ1) is 21.7. The van der Waals surface area contributed by atoms with Crippen molar-refractivity contribution in [2.24, 2.45) is 7.05 Å². The second-order valence-corrected chi connectivity index (χ2v) is 6.19. The molecule has 11 heteroatoms. The van der Waals surface area contributed by atoms with Crippen LogP contribution in [0.1, 0.15) is 23.4 Å². The maximum atomic E-state index is 13.3. The van der Waals surface area contributed by atoms with E-state index in [1.54, 1.807) is 0 Å². The fraction of sp³-hybridized carbons (Fsp3) is 0.412. The lowest BCUT2D eigenvalue weighted by molar-refractivity contribution is -0.272. The number of aromatic nitrogens is 2. The van der Waals surface area contributed by atoms with Gasteiger partial charge in [-0.2, -0.15) is 26.3 Å². The van der Waals surface area contributed by atoms with E-state index >= 15 is 0 Å². The third-order valence-corrected chi connectivity index (χ3v) is 4.11. The van der Waals surface area contributed by atoms with Gasteiger partial charge in [0.2, 0.25) is 11.5 Å². The number of imidazole rings is 1. The van der Waals surface area contributed by atoms with E-state index in [9.17, 15) is 36.2 Å². The molecule has 0 aliphatic heterocycles. The van der Waals surface area contributed by atoms with Gasteiger partial charge >= 0.3 is 12.4 Å². The van der Waals surface area contributed by atoms with Crippen LogP contribution in [0, 0.1) is 0 Å². The van der Waals surface area contributed by atoms with Crippen molar-refractivity contribution >= 4 is 5.91 Å². The predicted molar refractivity (Wildman–Crippen MR) is 85.9 cm³/mol. The van der Waals surface area contributed by atoms with E-state index in [1.807, 2.05) is 0 Å². The van der Waals surface area contributed by atoms with Crippen molar-refractivity contribution in [2.75, 3.05) is 6.54 Å². The first-order valence-corrected chi connectivity index (χ1v) is 8.04. The lowest BCUT2D eigenvalue weighted by Gasteiger charge is -2.30. The Balaban J connectivity index is 1.97. The van der Waals surface area contributed by atoms with Gasteiger partial charge in [-0.3, -0.25) is 4.79 Å². The topological polar surface area (TPSA) is 67.2 Å². The zero-order valence-electron chi connectivity index (χ0n) is 14.6. The normalized spacial score (nSPS) is 14.6. The number of nitrogens with one attached hydrogen (secondary N) is 1. The van der Waals surface area contributed by atoms with E-state index in [2.05, 4.69) is 10.3 Å². The van der Waals surface area contributed by atoms with Gasteiger partial charge in [0, 0.05) is 32.4 Å². The molecule has 0 aliphatic rings. The van der Waals surface area contributed by atoms with E-state index in [4.69, 9.17) is 0 Å². The number of rotatable bonds is 6. The summed E-state index contributed by atoms with van der Waals surface area (Å²) in [6.07, 6.45) is -8.37. The summed E-state index contributed by atoms with van der Waals surface area (Å²) < 4.78 is 78.6. The van der Waals surface area contributed by atoms with Crippen molar-refractivity contribution in [3.8, 4) is 0 Å². The van der Waals surface area contributed by atoms with Crippen LogP contribution < -0.4 is 5.32 Å². The Morgan fingerprint density at radius 2 is 1.75 bits per heavy atom. The Morgan fingerprint density at radius 3 is 2.21 bits per heavy atom. The summed E-state index contributed by atoms with van der Waals surface area (Å²) in [5.74, 6) is -1.30. The fourth-order valence-electron chi connectivity index (χ4n) is 2.59. The molecule has 1 aromatic heterocycles. The molecule has 0 aliphatic carbocycles. The molecule has 28 heavy (non-hydrogen) atoms. The molecule has 0 fully saturated rings. The third kappa shape index (κ3) is 4.83. The molecule has 1 aromatic carbocycles. The molecule has 0 saturated heterocycles. The Bertz CT molecular complexity index is 814. The molecular formula is C17H17F6N3O2. The van der Waals surface area contributed by atoms with Crippen LogP contribution in [0.3, 0.4) is 0 Å². The number of aryl methyl sites for hydroxylation is 1. The summed E-state index contributed by atoms with van der Waals surface area (Å²) in [6.45, 7) is -0.512. The molecule has 0 saturated carbocycles. The van der Waals surface area contributed by atoms with Gasteiger partial charge in [-0.25, -0.2) is 4.98 Å². The summed E-state index contributed by atoms with van der Waals surface area (Å²) in [6, 6.07) is 3.85. The number of nitrogens with zero attached hydrogens (tertiary/aromatic N) is 2. The van der Waals surface area contributed by atoms with Gasteiger partial charge in [0.15, 0.2) is 0 Å². The zero-order valence-corrected chi connectivity index (χ0v) is 14.6. The van der Waals surface area contributed by atoms with Gasteiger partial charge in [0.25, 0.3) is 0 Å². The minimum Gasteiger partial charge on any atom is -0.374 e. The maximum absolute atomic E-state index is 13.3. The van der Waals surface area contributed by atoms with Crippen LogP contribution in [0.2, 0.25) is 0 Å². The first-order chi connectivity index (χ1) is 12.8. The summed E-state index contributed by atoms with van der Waals surface area (Å²) in [5, 5.41) is 12.4. The van der Waals surface area contributed by atoms with Crippen molar-refractivity contribution in [1.82, 2.24) is 14.9 Å². The van der Waals surface area contributed by atoms with Crippen molar-refractivity contribution in [1.29, 1.82) is 0 Å².